The van der Waals surface area contributed by atoms with Crippen LogP contribution in [0, 0.1) is 0 Å². The van der Waals surface area contributed by atoms with Gasteiger partial charge in [0.2, 0.25) is 0 Å². The van der Waals surface area contributed by atoms with Crippen molar-refractivity contribution >= 4 is 23.1 Å². The van der Waals surface area contributed by atoms with Gasteiger partial charge in [-0.15, -0.1) is 0 Å². The van der Waals surface area contributed by atoms with Crippen LogP contribution in [0.15, 0.2) is 58.3 Å². The molecule has 1 saturated heterocycles. The van der Waals surface area contributed by atoms with Crippen LogP contribution in [0.25, 0.3) is 0 Å². The molecule has 2 aromatic carbocycles. The van der Waals surface area contributed by atoms with Crippen LogP contribution in [-0.2, 0) is 0 Å². The zero-order valence-electron chi connectivity index (χ0n) is 16.4. The van der Waals surface area contributed by atoms with E-state index in [1.165, 1.54) is 79.6 Å². The van der Waals surface area contributed by atoms with Crippen molar-refractivity contribution in [2.75, 3.05) is 51.2 Å². The molecule has 144 valence electrons. The third kappa shape index (κ3) is 4.68. The molecule has 0 N–H and O–H groups in total. The summed E-state index contributed by atoms with van der Waals surface area (Å²) in [6, 6.07) is 17.7. The standard InChI is InChI=1S/C23H31N3S/c1-24-16-18-25(19-17-24)14-8-2-3-9-15-26-20-10-4-6-12-22(20)27-23-13-7-5-11-21(23)26/h4-7,10-13H,2-3,8-9,14-19H2,1H3. The number of nitrogens with zero attached hydrogens (tertiary/aromatic N) is 3. The molecule has 0 radical (unpaired) electrons. The predicted molar refractivity (Wildman–Crippen MR) is 116 cm³/mol. The van der Waals surface area contributed by atoms with E-state index in [4.69, 9.17) is 0 Å². The molecule has 0 amide bonds. The summed E-state index contributed by atoms with van der Waals surface area (Å²) >= 11 is 1.90. The quantitative estimate of drug-likeness (QED) is 0.617. The number of likely N-dealkylation sites (N-methyl/N-ethyl adjacent to an activating group) is 1. The SMILES string of the molecule is CN1CCN(CCCCCCN2c3ccccc3Sc3ccccc32)CC1. The first kappa shape index (κ1) is 18.9. The first-order valence-electron chi connectivity index (χ1n) is 10.4. The van der Waals surface area contributed by atoms with E-state index in [-0.39, 0.29) is 0 Å². The smallest absolute Gasteiger partial charge is 0.0552 e. The number of hydrogen-bond acceptors (Lipinski definition) is 4. The summed E-state index contributed by atoms with van der Waals surface area (Å²) in [5.41, 5.74) is 2.75. The van der Waals surface area contributed by atoms with Crippen molar-refractivity contribution < 1.29 is 0 Å². The average Bonchev–Trinajstić information content (AvgIpc) is 2.71. The molecule has 2 aliphatic rings. The van der Waals surface area contributed by atoms with E-state index in [9.17, 15) is 0 Å². The van der Waals surface area contributed by atoms with E-state index in [1.54, 1.807) is 0 Å². The number of fused-ring (bicyclic) bond motifs is 2. The lowest BCUT2D eigenvalue weighted by Gasteiger charge is -2.33. The van der Waals surface area contributed by atoms with Gasteiger partial charge in [-0.05, 0) is 50.7 Å². The van der Waals surface area contributed by atoms with Crippen molar-refractivity contribution in [3.8, 4) is 0 Å². The van der Waals surface area contributed by atoms with E-state index in [0.29, 0.717) is 0 Å². The molecule has 0 spiro atoms. The lowest BCUT2D eigenvalue weighted by molar-refractivity contribution is 0.152. The molecule has 0 aromatic heterocycles. The summed E-state index contributed by atoms with van der Waals surface area (Å²) in [7, 11) is 2.23. The minimum absolute atomic E-state index is 1.11. The molecule has 0 saturated carbocycles. The average molecular weight is 382 g/mol. The van der Waals surface area contributed by atoms with Crippen LogP contribution in [0.5, 0.6) is 0 Å². The second kappa shape index (κ2) is 9.13. The fraction of sp³-hybridized carbons (Fsp3) is 0.478. The van der Waals surface area contributed by atoms with Gasteiger partial charge in [-0.1, -0.05) is 48.9 Å². The van der Waals surface area contributed by atoms with Gasteiger partial charge in [-0.2, -0.15) is 0 Å². The van der Waals surface area contributed by atoms with E-state index < -0.39 is 0 Å². The number of para-hydroxylation sites is 2. The molecular formula is C23H31N3S. The zero-order chi connectivity index (χ0) is 18.5. The fourth-order valence-electron chi connectivity index (χ4n) is 4.05. The lowest BCUT2D eigenvalue weighted by Crippen LogP contribution is -2.44. The highest BCUT2D eigenvalue weighted by Gasteiger charge is 2.22. The second-order valence-electron chi connectivity index (χ2n) is 7.75. The summed E-state index contributed by atoms with van der Waals surface area (Å²) in [6.07, 6.45) is 5.27. The Morgan fingerprint density at radius 3 is 1.89 bits per heavy atom. The topological polar surface area (TPSA) is 9.72 Å². The van der Waals surface area contributed by atoms with Gasteiger partial charge in [0.15, 0.2) is 0 Å². The molecule has 2 heterocycles. The Labute approximate surface area is 168 Å². The van der Waals surface area contributed by atoms with Crippen molar-refractivity contribution in [3.63, 3.8) is 0 Å². The molecular weight excluding hydrogens is 350 g/mol. The molecule has 1 fully saturated rings. The fourth-order valence-corrected chi connectivity index (χ4v) is 5.15. The maximum Gasteiger partial charge on any atom is 0.0552 e. The van der Waals surface area contributed by atoms with Crippen molar-refractivity contribution in [2.24, 2.45) is 0 Å². The monoisotopic (exact) mass is 381 g/mol. The molecule has 27 heavy (non-hydrogen) atoms. The third-order valence-corrected chi connectivity index (χ3v) is 6.86. The molecule has 2 aliphatic heterocycles. The Bertz CT molecular complexity index is 694. The first-order valence-corrected chi connectivity index (χ1v) is 11.2. The number of anilines is 2. The summed E-state index contributed by atoms with van der Waals surface area (Å²) in [6.45, 7) is 7.34. The van der Waals surface area contributed by atoms with Crippen LogP contribution in [0.1, 0.15) is 25.7 Å². The molecule has 4 heteroatoms. The Morgan fingerprint density at radius 1 is 0.704 bits per heavy atom. The number of hydrogen-bond donors (Lipinski definition) is 0. The summed E-state index contributed by atoms with van der Waals surface area (Å²) in [5.74, 6) is 0. The molecule has 4 rings (SSSR count). The molecule has 2 aromatic rings. The largest absolute Gasteiger partial charge is 0.340 e. The zero-order valence-corrected chi connectivity index (χ0v) is 17.3. The highest BCUT2D eigenvalue weighted by molar-refractivity contribution is 7.99. The molecule has 0 aliphatic carbocycles. The van der Waals surface area contributed by atoms with E-state index in [2.05, 4.69) is 70.3 Å². The Morgan fingerprint density at radius 2 is 1.26 bits per heavy atom. The van der Waals surface area contributed by atoms with Gasteiger partial charge in [0.1, 0.15) is 0 Å². The van der Waals surface area contributed by atoms with Crippen LogP contribution in [0.2, 0.25) is 0 Å². The van der Waals surface area contributed by atoms with Gasteiger partial charge >= 0.3 is 0 Å². The molecule has 3 nitrogen and oxygen atoms in total. The Kier molecular flexibility index (Phi) is 6.38. The third-order valence-electron chi connectivity index (χ3n) is 5.73. The van der Waals surface area contributed by atoms with Gasteiger partial charge in [0, 0.05) is 42.5 Å². The highest BCUT2D eigenvalue weighted by atomic mass is 32.2. The van der Waals surface area contributed by atoms with Crippen molar-refractivity contribution in [2.45, 2.75) is 35.5 Å². The Hall–Kier alpha value is -1.49. The number of rotatable bonds is 7. The second-order valence-corrected chi connectivity index (χ2v) is 8.83. The van der Waals surface area contributed by atoms with E-state index >= 15 is 0 Å². The van der Waals surface area contributed by atoms with Gasteiger partial charge in [-0.25, -0.2) is 0 Å². The summed E-state index contributed by atoms with van der Waals surface area (Å²) < 4.78 is 0. The summed E-state index contributed by atoms with van der Waals surface area (Å²) in [5, 5.41) is 0. The lowest BCUT2D eigenvalue weighted by atomic mass is 10.1. The maximum absolute atomic E-state index is 2.63. The van der Waals surface area contributed by atoms with Crippen molar-refractivity contribution in [1.82, 2.24) is 9.80 Å². The van der Waals surface area contributed by atoms with Gasteiger partial charge in [-0.3, -0.25) is 0 Å². The molecule has 0 unspecified atom stereocenters. The minimum Gasteiger partial charge on any atom is -0.340 e. The van der Waals surface area contributed by atoms with Gasteiger partial charge in [0.25, 0.3) is 0 Å². The van der Waals surface area contributed by atoms with Gasteiger partial charge in [0.05, 0.1) is 11.4 Å². The normalized spacial score (nSPS) is 17.6. The van der Waals surface area contributed by atoms with Gasteiger partial charge < -0.3 is 14.7 Å². The summed E-state index contributed by atoms with van der Waals surface area (Å²) in [4.78, 5) is 10.4. The number of piperazine rings is 1. The van der Waals surface area contributed by atoms with Crippen LogP contribution in [0.4, 0.5) is 11.4 Å². The number of unbranched alkanes of at least 4 members (excludes halogenated alkanes) is 3. The number of benzene rings is 2. The minimum atomic E-state index is 1.11. The van der Waals surface area contributed by atoms with Crippen LogP contribution in [-0.4, -0.2) is 56.1 Å². The van der Waals surface area contributed by atoms with E-state index in [0.717, 1.165) is 6.54 Å². The maximum atomic E-state index is 2.63. The molecule has 0 bridgehead atoms. The van der Waals surface area contributed by atoms with Crippen LogP contribution < -0.4 is 4.90 Å². The van der Waals surface area contributed by atoms with Crippen LogP contribution >= 0.6 is 11.8 Å². The van der Waals surface area contributed by atoms with Crippen molar-refractivity contribution in [1.29, 1.82) is 0 Å². The van der Waals surface area contributed by atoms with Crippen molar-refractivity contribution in [3.05, 3.63) is 48.5 Å². The first-order chi connectivity index (χ1) is 13.3. The van der Waals surface area contributed by atoms with Crippen LogP contribution in [0.3, 0.4) is 0 Å². The Balaban J connectivity index is 1.26. The highest BCUT2D eigenvalue weighted by Crippen LogP contribution is 2.47. The predicted octanol–water partition coefficient (Wildman–Crippen LogP) is 5.10. The molecule has 0 atom stereocenters. The van der Waals surface area contributed by atoms with E-state index in [1.807, 2.05) is 11.8 Å².